The molecule has 2 aromatic heterocycles. The van der Waals surface area contributed by atoms with E-state index in [9.17, 15) is 14.4 Å². The number of likely N-dealkylation sites (tertiary alicyclic amines) is 2. The Morgan fingerprint density at radius 3 is 2.39 bits per heavy atom. The van der Waals surface area contributed by atoms with Crippen LogP contribution in [0.25, 0.3) is 22.3 Å². The topological polar surface area (TPSA) is 167 Å². The summed E-state index contributed by atoms with van der Waals surface area (Å²) in [4.78, 5) is 73.6. The van der Waals surface area contributed by atoms with Gasteiger partial charge in [0.25, 0.3) is 0 Å². The monoisotopic (exact) mass is 762 g/mol. The first-order valence-corrected chi connectivity index (χ1v) is 19.3. The molecule has 4 heterocycles. The van der Waals surface area contributed by atoms with Crippen molar-refractivity contribution in [2.75, 3.05) is 27.3 Å². The van der Waals surface area contributed by atoms with E-state index in [1.165, 1.54) is 20.6 Å². The van der Waals surface area contributed by atoms with Gasteiger partial charge in [-0.1, -0.05) is 51.7 Å². The maximum absolute atomic E-state index is 13.9. The molecule has 7 rings (SSSR count). The van der Waals surface area contributed by atoms with Gasteiger partial charge in [0.1, 0.15) is 23.7 Å². The molecule has 3 amide bonds. The number of H-pyrrole nitrogens is 2. The summed E-state index contributed by atoms with van der Waals surface area (Å²) in [5.74, 6) is 7.75. The second-order valence-electron chi connectivity index (χ2n) is 15.8. The van der Waals surface area contributed by atoms with Crippen LogP contribution in [0.1, 0.15) is 94.7 Å². The first kappa shape index (κ1) is 38.6. The average molecular weight is 763 g/mol. The third kappa shape index (κ3) is 8.14. The first-order valence-electron chi connectivity index (χ1n) is 19.3. The lowest BCUT2D eigenvalue weighted by atomic mass is 10.0. The van der Waals surface area contributed by atoms with Crippen LogP contribution in [0.15, 0.2) is 53.7 Å². The SMILES string of the molecule is COO/C=N/[C@H](C(=O)N1CC2(CC2)C[C@H]1c1nc2cc(C#Cc3ccc(-c4c[nH]c([C@@H]5CCCN5C(=O)[C@@H](NC(=O)OC)C(C)C)n4)cc3)ccc2[nH]1)C(C)C. The van der Waals surface area contributed by atoms with E-state index in [1.54, 1.807) is 4.90 Å². The molecule has 14 nitrogen and oxygen atoms in total. The molecule has 4 aromatic rings. The lowest BCUT2D eigenvalue weighted by molar-refractivity contribution is -0.188. The van der Waals surface area contributed by atoms with Gasteiger partial charge in [-0.2, -0.15) is 4.89 Å². The number of nitrogens with zero attached hydrogens (tertiary/aromatic N) is 5. The van der Waals surface area contributed by atoms with E-state index in [0.29, 0.717) is 18.9 Å². The number of benzene rings is 2. The molecule has 294 valence electrons. The quantitative estimate of drug-likeness (QED) is 0.0544. The molecule has 2 aliphatic heterocycles. The molecule has 2 aromatic carbocycles. The summed E-state index contributed by atoms with van der Waals surface area (Å²) in [5, 5.41) is 2.69. The van der Waals surface area contributed by atoms with Gasteiger partial charge in [0.15, 0.2) is 0 Å². The highest BCUT2D eigenvalue weighted by molar-refractivity contribution is 5.87. The molecule has 0 unspecified atom stereocenters. The molecular formula is C42H50N8O6. The Morgan fingerprint density at radius 1 is 0.946 bits per heavy atom. The number of aromatic amines is 2. The van der Waals surface area contributed by atoms with Gasteiger partial charge in [-0.25, -0.2) is 19.8 Å². The maximum Gasteiger partial charge on any atom is 0.407 e. The van der Waals surface area contributed by atoms with Gasteiger partial charge < -0.3 is 34.7 Å². The van der Waals surface area contributed by atoms with Gasteiger partial charge >= 0.3 is 6.09 Å². The summed E-state index contributed by atoms with van der Waals surface area (Å²) in [6.07, 6.45) is 7.15. The van der Waals surface area contributed by atoms with Crippen molar-refractivity contribution in [1.82, 2.24) is 35.1 Å². The molecule has 14 heteroatoms. The Labute approximate surface area is 326 Å². The number of hydrogen-bond acceptors (Lipinski definition) is 9. The number of ether oxygens (including phenoxy) is 1. The highest BCUT2D eigenvalue weighted by Gasteiger charge is 2.55. The van der Waals surface area contributed by atoms with Crippen molar-refractivity contribution in [3.8, 4) is 23.1 Å². The van der Waals surface area contributed by atoms with Crippen LogP contribution in [0, 0.1) is 29.1 Å². The van der Waals surface area contributed by atoms with Gasteiger partial charge in [0, 0.05) is 36.0 Å². The summed E-state index contributed by atoms with van der Waals surface area (Å²) >= 11 is 0. The highest BCUT2D eigenvalue weighted by Crippen LogP contribution is 2.58. The number of nitrogens with one attached hydrogen (secondary N) is 3. The number of methoxy groups -OCH3 is 1. The Bertz CT molecular complexity index is 2160. The molecule has 1 aliphatic carbocycles. The number of carbonyl (C=O) groups is 3. The van der Waals surface area contributed by atoms with Crippen molar-refractivity contribution in [2.45, 2.75) is 84.0 Å². The molecule has 0 radical (unpaired) electrons. The molecule has 1 spiro atoms. The lowest BCUT2D eigenvalue weighted by Gasteiger charge is -2.29. The van der Waals surface area contributed by atoms with E-state index in [4.69, 9.17) is 19.6 Å². The minimum absolute atomic E-state index is 0.0174. The Kier molecular flexibility index (Phi) is 11.2. The minimum atomic E-state index is -0.688. The zero-order chi connectivity index (χ0) is 39.6. The van der Waals surface area contributed by atoms with E-state index < -0.39 is 18.2 Å². The van der Waals surface area contributed by atoms with Crippen LogP contribution in [0.4, 0.5) is 4.79 Å². The lowest BCUT2D eigenvalue weighted by Crippen LogP contribution is -2.51. The molecule has 2 saturated heterocycles. The zero-order valence-corrected chi connectivity index (χ0v) is 32.8. The Balaban J connectivity index is 1.03. The summed E-state index contributed by atoms with van der Waals surface area (Å²) in [6.45, 7) is 9.05. The summed E-state index contributed by atoms with van der Waals surface area (Å²) in [7, 11) is 2.69. The smallest absolute Gasteiger partial charge is 0.407 e. The zero-order valence-electron chi connectivity index (χ0n) is 32.8. The van der Waals surface area contributed by atoms with Crippen LogP contribution in [0.5, 0.6) is 0 Å². The number of amides is 3. The molecule has 3 aliphatic rings. The van der Waals surface area contributed by atoms with E-state index in [2.05, 4.69) is 37.0 Å². The third-order valence-electron chi connectivity index (χ3n) is 11.2. The normalized spacial score (nSPS) is 19.8. The van der Waals surface area contributed by atoms with Crippen molar-refractivity contribution in [3.63, 3.8) is 0 Å². The second kappa shape index (κ2) is 16.2. The molecule has 3 fully saturated rings. The summed E-state index contributed by atoms with van der Waals surface area (Å²) in [6, 6.07) is 12.2. The predicted molar refractivity (Wildman–Crippen MR) is 210 cm³/mol. The number of rotatable bonds is 11. The molecule has 0 bridgehead atoms. The van der Waals surface area contributed by atoms with Crippen molar-refractivity contribution in [1.29, 1.82) is 0 Å². The van der Waals surface area contributed by atoms with Crippen LogP contribution < -0.4 is 5.32 Å². The molecular weight excluding hydrogens is 713 g/mol. The Morgan fingerprint density at radius 2 is 1.70 bits per heavy atom. The third-order valence-corrected chi connectivity index (χ3v) is 11.2. The maximum atomic E-state index is 13.9. The van der Waals surface area contributed by atoms with Crippen LogP contribution >= 0.6 is 0 Å². The molecule has 3 N–H and O–H groups in total. The van der Waals surface area contributed by atoms with Crippen LogP contribution in [-0.4, -0.2) is 93.4 Å². The average Bonchev–Trinajstić information content (AvgIpc) is 3.68. The summed E-state index contributed by atoms with van der Waals surface area (Å²) in [5.41, 5.74) is 5.23. The van der Waals surface area contributed by atoms with Gasteiger partial charge in [-0.15, -0.1) is 0 Å². The van der Waals surface area contributed by atoms with Crippen LogP contribution in [0.3, 0.4) is 0 Å². The van der Waals surface area contributed by atoms with Crippen LogP contribution in [0.2, 0.25) is 0 Å². The fourth-order valence-corrected chi connectivity index (χ4v) is 7.87. The van der Waals surface area contributed by atoms with E-state index in [-0.39, 0.29) is 41.1 Å². The fourth-order valence-electron chi connectivity index (χ4n) is 7.87. The molecule has 4 atom stereocenters. The fraction of sp³-hybridized carbons (Fsp3) is 0.476. The van der Waals surface area contributed by atoms with Gasteiger partial charge in [0.05, 0.1) is 43.0 Å². The number of hydrogen-bond donors (Lipinski definition) is 3. The van der Waals surface area contributed by atoms with Gasteiger partial charge in [0.2, 0.25) is 18.2 Å². The number of fused-ring (bicyclic) bond motifs is 1. The van der Waals surface area contributed by atoms with Crippen LogP contribution in [-0.2, 0) is 24.1 Å². The van der Waals surface area contributed by atoms with E-state index >= 15 is 0 Å². The van der Waals surface area contributed by atoms with Crippen molar-refractivity contribution >= 4 is 35.3 Å². The van der Waals surface area contributed by atoms with Crippen molar-refractivity contribution in [3.05, 3.63) is 71.4 Å². The number of aliphatic imine (C=N–C) groups is 1. The van der Waals surface area contributed by atoms with Crippen molar-refractivity contribution < 1.29 is 28.9 Å². The number of alkyl carbamates (subject to hydrolysis) is 1. The van der Waals surface area contributed by atoms with E-state index in [0.717, 1.165) is 71.3 Å². The first-order chi connectivity index (χ1) is 27.0. The summed E-state index contributed by atoms with van der Waals surface area (Å²) < 4.78 is 4.75. The van der Waals surface area contributed by atoms with Gasteiger partial charge in [-0.3, -0.25) is 9.59 Å². The van der Waals surface area contributed by atoms with Gasteiger partial charge in [-0.05, 0) is 79.7 Å². The largest absolute Gasteiger partial charge is 0.453 e. The van der Waals surface area contributed by atoms with Crippen molar-refractivity contribution in [2.24, 2.45) is 22.2 Å². The number of carbonyl (C=O) groups excluding carboxylic acids is 3. The molecule has 1 saturated carbocycles. The minimum Gasteiger partial charge on any atom is -0.453 e. The standard InChI is InChI=1S/C42H50N8O6/c1-25(2)35(44-24-56-55-6)39(51)50-23-42(17-18-42)21-34(50)38-45-30-16-13-28(20-31(30)46-38)10-9-27-11-14-29(15-12-27)32-22-43-37(47-32)33-8-7-19-49(33)40(52)36(26(3)4)48-41(53)54-5/h11-16,20,22,24-26,33-36H,7-8,17-19,21,23H2,1-6H3,(H,43,47)(H,45,46)(H,48,53)/b44-24+/t33-,34-,35-,36-/m0/s1. The highest BCUT2D eigenvalue weighted by atomic mass is 17.2. The number of imidazole rings is 2. The second-order valence-corrected chi connectivity index (χ2v) is 15.8. The Hall–Kier alpha value is -5.68. The molecule has 56 heavy (non-hydrogen) atoms. The number of aromatic nitrogens is 4. The predicted octanol–water partition coefficient (Wildman–Crippen LogP) is 6.08. The van der Waals surface area contributed by atoms with E-state index in [1.807, 2.05) is 81.3 Å².